The van der Waals surface area contributed by atoms with Gasteiger partial charge in [0.2, 0.25) is 10.0 Å². The van der Waals surface area contributed by atoms with Crippen molar-refractivity contribution in [3.63, 3.8) is 0 Å². The van der Waals surface area contributed by atoms with Crippen LogP contribution in [-0.2, 0) is 10.0 Å². The van der Waals surface area contributed by atoms with Crippen LogP contribution in [0.2, 0.25) is 0 Å². The summed E-state index contributed by atoms with van der Waals surface area (Å²) in [5, 5.41) is 9.64. The van der Waals surface area contributed by atoms with Gasteiger partial charge in [0.1, 0.15) is 0 Å². The van der Waals surface area contributed by atoms with E-state index in [0.717, 1.165) is 19.3 Å². The van der Waals surface area contributed by atoms with E-state index in [1.165, 1.54) is 0 Å². The van der Waals surface area contributed by atoms with Crippen LogP contribution in [0.3, 0.4) is 0 Å². The third kappa shape index (κ3) is 4.05. The monoisotopic (exact) mass is 311 g/mol. The Kier molecular flexibility index (Phi) is 5.07. The van der Waals surface area contributed by atoms with Gasteiger partial charge in [0.25, 0.3) is 0 Å². The minimum absolute atomic E-state index is 0.156. The third-order valence-electron chi connectivity index (χ3n) is 3.83. The molecule has 0 aromatic heterocycles. The van der Waals surface area contributed by atoms with E-state index in [9.17, 15) is 13.5 Å². The van der Waals surface area contributed by atoms with E-state index < -0.39 is 16.1 Å². The molecule has 5 heteroatoms. The lowest BCUT2D eigenvalue weighted by molar-refractivity contribution is 0.199. The van der Waals surface area contributed by atoms with Crippen LogP contribution < -0.4 is 0 Å². The van der Waals surface area contributed by atoms with Gasteiger partial charge < -0.3 is 5.11 Å². The molecule has 1 saturated carbocycles. The van der Waals surface area contributed by atoms with Crippen molar-refractivity contribution in [1.82, 2.24) is 4.31 Å². The minimum atomic E-state index is -3.47. The molecule has 0 saturated heterocycles. The molecule has 1 unspecified atom stereocenters. The Bertz CT molecular complexity index is 577. The van der Waals surface area contributed by atoms with Crippen molar-refractivity contribution in [1.29, 1.82) is 0 Å². The summed E-state index contributed by atoms with van der Waals surface area (Å²) in [6.45, 7) is 6.42. The number of aliphatic hydroxyl groups excluding tert-OH is 1. The molecule has 0 aliphatic heterocycles. The van der Waals surface area contributed by atoms with E-state index in [1.54, 1.807) is 35.5 Å². The van der Waals surface area contributed by atoms with E-state index in [4.69, 9.17) is 0 Å². The van der Waals surface area contributed by atoms with Crippen molar-refractivity contribution in [3.05, 3.63) is 29.8 Å². The summed E-state index contributed by atoms with van der Waals surface area (Å²) in [6.07, 6.45) is 2.11. The molecule has 0 bridgehead atoms. The first-order chi connectivity index (χ1) is 9.82. The van der Waals surface area contributed by atoms with Gasteiger partial charge in [-0.15, -0.1) is 0 Å². The average Bonchev–Trinajstić information content (AvgIpc) is 3.23. The maximum atomic E-state index is 12.8. The van der Waals surface area contributed by atoms with Gasteiger partial charge in [-0.1, -0.05) is 26.0 Å². The largest absolute Gasteiger partial charge is 0.389 e. The highest BCUT2D eigenvalue weighted by Crippen LogP contribution is 2.33. The van der Waals surface area contributed by atoms with Gasteiger partial charge in [-0.05, 0) is 49.8 Å². The second-order valence-electron chi connectivity index (χ2n) is 6.28. The Hall–Kier alpha value is -0.910. The fraction of sp³-hybridized carbons (Fsp3) is 0.625. The Morgan fingerprint density at radius 3 is 2.48 bits per heavy atom. The van der Waals surface area contributed by atoms with Crippen molar-refractivity contribution in [2.75, 3.05) is 6.54 Å². The number of hydrogen-bond donors (Lipinski definition) is 1. The summed E-state index contributed by atoms with van der Waals surface area (Å²) in [5.74, 6) is 0.477. The highest BCUT2D eigenvalue weighted by atomic mass is 32.2. The molecule has 0 amide bonds. The second kappa shape index (κ2) is 6.46. The molecule has 1 aromatic carbocycles. The summed E-state index contributed by atoms with van der Waals surface area (Å²) in [7, 11) is -3.47. The molecule has 1 aliphatic rings. The molecule has 0 heterocycles. The van der Waals surface area contributed by atoms with Crippen LogP contribution in [0, 0.1) is 5.92 Å². The Labute approximate surface area is 127 Å². The van der Waals surface area contributed by atoms with Gasteiger partial charge in [-0.25, -0.2) is 8.42 Å². The van der Waals surface area contributed by atoms with Gasteiger partial charge in [0.15, 0.2) is 0 Å². The van der Waals surface area contributed by atoms with Crippen molar-refractivity contribution < 1.29 is 13.5 Å². The Morgan fingerprint density at radius 1 is 1.29 bits per heavy atom. The maximum absolute atomic E-state index is 12.8. The SMILES string of the molecule is CC(C)CCN(C1CC1)S(=O)(=O)c1cccc(C(C)O)c1. The van der Waals surface area contributed by atoms with Crippen molar-refractivity contribution in [3.8, 4) is 0 Å². The minimum Gasteiger partial charge on any atom is -0.389 e. The van der Waals surface area contributed by atoms with E-state index in [-0.39, 0.29) is 10.9 Å². The first-order valence-electron chi connectivity index (χ1n) is 7.62. The lowest BCUT2D eigenvalue weighted by atomic mass is 10.1. The molecule has 1 aromatic rings. The number of nitrogens with zero attached hydrogens (tertiary/aromatic N) is 1. The number of hydrogen-bond acceptors (Lipinski definition) is 3. The first kappa shape index (κ1) is 16.5. The number of rotatable bonds is 7. The van der Waals surface area contributed by atoms with Crippen LogP contribution >= 0.6 is 0 Å². The van der Waals surface area contributed by atoms with Crippen molar-refractivity contribution in [2.24, 2.45) is 5.92 Å². The predicted octanol–water partition coefficient (Wildman–Crippen LogP) is 2.94. The number of sulfonamides is 1. The van der Waals surface area contributed by atoms with Gasteiger partial charge in [-0.3, -0.25) is 0 Å². The molecule has 0 spiro atoms. The van der Waals surface area contributed by atoms with Gasteiger partial charge >= 0.3 is 0 Å². The van der Waals surface area contributed by atoms with Gasteiger partial charge in [0.05, 0.1) is 11.0 Å². The lowest BCUT2D eigenvalue weighted by Gasteiger charge is -2.23. The van der Waals surface area contributed by atoms with E-state index in [1.807, 2.05) is 0 Å². The van der Waals surface area contributed by atoms with Crippen LogP contribution in [0.4, 0.5) is 0 Å². The van der Waals surface area contributed by atoms with Crippen molar-refractivity contribution >= 4 is 10.0 Å². The molecular formula is C16H25NO3S. The molecule has 1 fully saturated rings. The molecule has 1 atom stereocenters. The lowest BCUT2D eigenvalue weighted by Crippen LogP contribution is -2.34. The Balaban J connectivity index is 2.27. The van der Waals surface area contributed by atoms with Crippen molar-refractivity contribution in [2.45, 2.75) is 57.1 Å². The normalized spacial score (nSPS) is 17.4. The van der Waals surface area contributed by atoms with Crippen LogP contribution in [0.15, 0.2) is 29.2 Å². The summed E-state index contributed by atoms with van der Waals surface area (Å²) in [5.41, 5.74) is 0.635. The van der Waals surface area contributed by atoms with E-state index in [2.05, 4.69) is 13.8 Å². The zero-order valence-electron chi connectivity index (χ0n) is 13.0. The van der Waals surface area contributed by atoms with Gasteiger partial charge in [-0.2, -0.15) is 4.31 Å². The van der Waals surface area contributed by atoms with Crippen LogP contribution in [-0.4, -0.2) is 30.4 Å². The molecule has 0 radical (unpaired) electrons. The maximum Gasteiger partial charge on any atom is 0.243 e. The number of aliphatic hydroxyl groups is 1. The summed E-state index contributed by atoms with van der Waals surface area (Å²) in [4.78, 5) is 0.288. The van der Waals surface area contributed by atoms with Crippen LogP contribution in [0.25, 0.3) is 0 Å². The fourth-order valence-corrected chi connectivity index (χ4v) is 4.07. The molecule has 1 aliphatic carbocycles. The van der Waals surface area contributed by atoms with Crippen LogP contribution in [0.5, 0.6) is 0 Å². The molecule has 2 rings (SSSR count). The standard InChI is InChI=1S/C16H25NO3S/c1-12(2)9-10-17(15-7-8-15)21(19,20)16-6-4-5-14(11-16)13(3)18/h4-6,11-13,15,18H,7-10H2,1-3H3. The first-order valence-corrected chi connectivity index (χ1v) is 9.06. The third-order valence-corrected chi connectivity index (χ3v) is 5.78. The summed E-state index contributed by atoms with van der Waals surface area (Å²) >= 11 is 0. The topological polar surface area (TPSA) is 57.6 Å². The Morgan fingerprint density at radius 2 is 1.95 bits per heavy atom. The summed E-state index contributed by atoms with van der Waals surface area (Å²) < 4.78 is 27.3. The van der Waals surface area contributed by atoms with E-state index in [0.29, 0.717) is 18.0 Å². The molecule has 21 heavy (non-hydrogen) atoms. The highest BCUT2D eigenvalue weighted by molar-refractivity contribution is 7.89. The zero-order valence-corrected chi connectivity index (χ0v) is 13.8. The smallest absolute Gasteiger partial charge is 0.243 e. The van der Waals surface area contributed by atoms with Gasteiger partial charge in [0, 0.05) is 12.6 Å². The zero-order chi connectivity index (χ0) is 15.6. The average molecular weight is 311 g/mol. The molecule has 1 N–H and O–H groups in total. The highest BCUT2D eigenvalue weighted by Gasteiger charge is 2.37. The molecule has 118 valence electrons. The quantitative estimate of drug-likeness (QED) is 0.842. The van der Waals surface area contributed by atoms with Crippen LogP contribution in [0.1, 0.15) is 51.7 Å². The summed E-state index contributed by atoms with van der Waals surface area (Å²) in [6, 6.07) is 6.81. The molecular weight excluding hydrogens is 286 g/mol. The molecule has 4 nitrogen and oxygen atoms in total. The van der Waals surface area contributed by atoms with E-state index >= 15 is 0 Å². The number of benzene rings is 1. The predicted molar refractivity (Wildman–Crippen MR) is 83.4 cm³/mol. The second-order valence-corrected chi connectivity index (χ2v) is 8.17. The fourth-order valence-electron chi connectivity index (χ4n) is 2.32.